The molecule has 0 spiro atoms. The summed E-state index contributed by atoms with van der Waals surface area (Å²) in [7, 11) is 0. The minimum Gasteiger partial charge on any atom is -0.423 e. The second-order valence-corrected chi connectivity index (χ2v) is 6.66. The summed E-state index contributed by atoms with van der Waals surface area (Å²) in [5.74, 6) is -0.830. The lowest BCUT2D eigenvalue weighted by Crippen LogP contribution is -2.17. The van der Waals surface area contributed by atoms with Gasteiger partial charge < -0.3 is 10.1 Å². The maximum Gasteiger partial charge on any atom is 0.336 e. The largest absolute Gasteiger partial charge is 0.423 e. The monoisotopic (exact) mass is 427 g/mol. The smallest absolute Gasteiger partial charge is 0.336 e. The van der Waals surface area contributed by atoms with Crippen molar-refractivity contribution in [2.24, 2.45) is 5.10 Å². The number of hydrogen-bond donors (Lipinski definition) is 2. The van der Waals surface area contributed by atoms with E-state index in [0.29, 0.717) is 22.6 Å². The number of esters is 1. The number of hydrogen-bond acceptors (Lipinski definition) is 5. The first-order chi connectivity index (χ1) is 15.5. The van der Waals surface area contributed by atoms with Crippen molar-refractivity contribution in [3.8, 4) is 5.75 Å². The normalized spacial score (nSPS) is 10.8. The first-order valence-corrected chi connectivity index (χ1v) is 9.76. The topological polar surface area (TPSA) is 96.9 Å². The zero-order valence-corrected chi connectivity index (χ0v) is 17.3. The van der Waals surface area contributed by atoms with Crippen molar-refractivity contribution in [2.75, 3.05) is 5.32 Å². The number of benzene rings is 3. The lowest BCUT2D eigenvalue weighted by molar-refractivity contribution is -0.128. The average Bonchev–Trinajstić information content (AvgIpc) is 2.79. The molecule has 0 bridgehead atoms. The fraction of sp³-hybridized carbons (Fsp3) is 0.0400. The van der Waals surface area contributed by atoms with Crippen molar-refractivity contribution in [2.45, 2.75) is 6.92 Å². The standard InChI is InChI=1S/C25H21N3O4/c1-18(29)27-22-14-12-20(13-15-22)25(31)28-26-17-21-9-5-6-10-23(21)32-24(30)16-11-19-7-3-2-4-8-19/h2-17H,1H3,(H,27,29)(H,28,31). The van der Waals surface area contributed by atoms with Crippen LogP contribution < -0.4 is 15.5 Å². The molecule has 160 valence electrons. The number of ether oxygens (including phenoxy) is 1. The van der Waals surface area contributed by atoms with Crippen molar-refractivity contribution in [3.63, 3.8) is 0 Å². The summed E-state index contributed by atoms with van der Waals surface area (Å²) in [4.78, 5) is 35.5. The highest BCUT2D eigenvalue weighted by molar-refractivity contribution is 5.96. The number of para-hydroxylation sites is 1. The Morgan fingerprint density at radius 1 is 0.875 bits per heavy atom. The van der Waals surface area contributed by atoms with E-state index < -0.39 is 11.9 Å². The minimum atomic E-state index is -0.530. The predicted molar refractivity (Wildman–Crippen MR) is 123 cm³/mol. The molecule has 3 aromatic carbocycles. The van der Waals surface area contributed by atoms with Crippen LogP contribution in [0.5, 0.6) is 5.75 Å². The van der Waals surface area contributed by atoms with Gasteiger partial charge in [-0.25, -0.2) is 10.2 Å². The molecule has 0 saturated carbocycles. The molecular weight excluding hydrogens is 406 g/mol. The van der Waals surface area contributed by atoms with E-state index in [1.807, 2.05) is 30.3 Å². The zero-order chi connectivity index (χ0) is 22.8. The van der Waals surface area contributed by atoms with Crippen molar-refractivity contribution in [1.29, 1.82) is 0 Å². The molecule has 2 amide bonds. The lowest BCUT2D eigenvalue weighted by atomic mass is 10.2. The molecule has 0 aliphatic carbocycles. The van der Waals surface area contributed by atoms with Crippen LogP contribution >= 0.6 is 0 Å². The van der Waals surface area contributed by atoms with Gasteiger partial charge in [0.1, 0.15) is 5.75 Å². The minimum absolute atomic E-state index is 0.193. The number of hydrazone groups is 1. The second kappa shape index (κ2) is 11.0. The molecule has 0 aromatic heterocycles. The number of carbonyl (C=O) groups excluding carboxylic acids is 3. The molecule has 0 atom stereocenters. The van der Waals surface area contributed by atoms with Gasteiger partial charge in [-0.15, -0.1) is 0 Å². The Balaban J connectivity index is 1.60. The van der Waals surface area contributed by atoms with Crippen molar-refractivity contribution >= 4 is 35.8 Å². The molecule has 7 nitrogen and oxygen atoms in total. The van der Waals surface area contributed by atoms with Gasteiger partial charge in [-0.05, 0) is 48.0 Å². The van der Waals surface area contributed by atoms with Gasteiger partial charge in [0.2, 0.25) is 5.91 Å². The predicted octanol–water partition coefficient (Wildman–Crippen LogP) is 4.03. The van der Waals surface area contributed by atoms with Crippen LogP contribution in [0.2, 0.25) is 0 Å². The Morgan fingerprint density at radius 3 is 2.28 bits per heavy atom. The van der Waals surface area contributed by atoms with E-state index in [1.54, 1.807) is 54.6 Å². The van der Waals surface area contributed by atoms with Crippen molar-refractivity contribution in [3.05, 3.63) is 102 Å². The van der Waals surface area contributed by atoms with Gasteiger partial charge >= 0.3 is 5.97 Å². The highest BCUT2D eigenvalue weighted by Gasteiger charge is 2.07. The summed E-state index contributed by atoms with van der Waals surface area (Å²) in [5.41, 5.74) is 4.80. The fourth-order valence-electron chi connectivity index (χ4n) is 2.68. The number of rotatable bonds is 7. The van der Waals surface area contributed by atoms with Gasteiger partial charge in [-0.1, -0.05) is 42.5 Å². The molecule has 7 heteroatoms. The Kier molecular flexibility index (Phi) is 7.64. The maximum absolute atomic E-state index is 12.2. The van der Waals surface area contributed by atoms with Crippen molar-refractivity contribution in [1.82, 2.24) is 5.43 Å². The molecule has 3 rings (SSSR count). The molecular formula is C25H21N3O4. The van der Waals surface area contributed by atoms with Crippen LogP contribution in [0.15, 0.2) is 90.0 Å². The van der Waals surface area contributed by atoms with E-state index in [4.69, 9.17) is 4.74 Å². The molecule has 0 heterocycles. The Labute approximate surface area is 185 Å². The highest BCUT2D eigenvalue weighted by Crippen LogP contribution is 2.16. The number of nitrogens with zero attached hydrogens (tertiary/aromatic N) is 1. The average molecular weight is 427 g/mol. The fourth-order valence-corrected chi connectivity index (χ4v) is 2.68. The summed E-state index contributed by atoms with van der Waals surface area (Å²) in [6, 6.07) is 22.6. The molecule has 0 aliphatic rings. The van der Waals surface area contributed by atoms with Crippen LogP contribution in [-0.2, 0) is 9.59 Å². The molecule has 32 heavy (non-hydrogen) atoms. The van der Waals surface area contributed by atoms with Crippen LogP contribution in [0.25, 0.3) is 6.08 Å². The van der Waals surface area contributed by atoms with Gasteiger partial charge in [0.05, 0.1) is 6.21 Å². The van der Waals surface area contributed by atoms with Crippen LogP contribution in [0.4, 0.5) is 5.69 Å². The van der Waals surface area contributed by atoms with E-state index >= 15 is 0 Å². The summed E-state index contributed by atoms with van der Waals surface area (Å²) in [6.07, 6.45) is 4.40. The number of nitrogens with one attached hydrogen (secondary N) is 2. The summed E-state index contributed by atoms with van der Waals surface area (Å²) >= 11 is 0. The summed E-state index contributed by atoms with van der Waals surface area (Å²) in [5, 5.41) is 6.58. The van der Waals surface area contributed by atoms with Gasteiger partial charge in [-0.3, -0.25) is 9.59 Å². The number of carbonyl (C=O) groups is 3. The van der Waals surface area contributed by atoms with Gasteiger partial charge in [-0.2, -0.15) is 5.10 Å². The molecule has 3 aromatic rings. The Hall–Kier alpha value is -4.52. The summed E-state index contributed by atoms with van der Waals surface area (Å²) in [6.45, 7) is 1.41. The molecule has 0 radical (unpaired) electrons. The first-order valence-electron chi connectivity index (χ1n) is 9.76. The van der Waals surface area contributed by atoms with Crippen LogP contribution in [0, 0.1) is 0 Å². The molecule has 2 N–H and O–H groups in total. The SMILES string of the molecule is CC(=O)Nc1ccc(C(=O)NN=Cc2ccccc2OC(=O)C=Cc2ccccc2)cc1. The molecule has 0 saturated heterocycles. The van der Waals surface area contributed by atoms with Gasteiger partial charge in [0.25, 0.3) is 5.91 Å². The first kappa shape index (κ1) is 22.2. The van der Waals surface area contributed by atoms with E-state index in [9.17, 15) is 14.4 Å². The zero-order valence-electron chi connectivity index (χ0n) is 17.3. The van der Waals surface area contributed by atoms with E-state index in [0.717, 1.165) is 5.56 Å². The third kappa shape index (κ3) is 6.77. The summed E-state index contributed by atoms with van der Waals surface area (Å²) < 4.78 is 5.39. The van der Waals surface area contributed by atoms with Crippen molar-refractivity contribution < 1.29 is 19.1 Å². The van der Waals surface area contributed by atoms with Gasteiger partial charge in [0.15, 0.2) is 0 Å². The second-order valence-electron chi connectivity index (χ2n) is 6.66. The lowest BCUT2D eigenvalue weighted by Gasteiger charge is -2.06. The van der Waals surface area contributed by atoms with Crippen LogP contribution in [0.3, 0.4) is 0 Å². The number of amides is 2. The molecule has 0 fully saturated rings. The third-order valence-corrected chi connectivity index (χ3v) is 4.18. The van der Waals surface area contributed by atoms with E-state index in [2.05, 4.69) is 15.8 Å². The Bertz CT molecular complexity index is 1150. The molecule has 0 aliphatic heterocycles. The Morgan fingerprint density at radius 2 is 1.56 bits per heavy atom. The van der Waals surface area contributed by atoms with Crippen LogP contribution in [0.1, 0.15) is 28.4 Å². The van der Waals surface area contributed by atoms with Gasteiger partial charge in [0, 0.05) is 29.8 Å². The van der Waals surface area contributed by atoms with Crippen LogP contribution in [-0.4, -0.2) is 24.0 Å². The quantitative estimate of drug-likeness (QED) is 0.196. The number of anilines is 1. The molecule has 0 unspecified atom stereocenters. The van der Waals surface area contributed by atoms with E-state index in [-0.39, 0.29) is 5.91 Å². The maximum atomic E-state index is 12.2. The highest BCUT2D eigenvalue weighted by atomic mass is 16.5. The third-order valence-electron chi connectivity index (χ3n) is 4.18. The van der Waals surface area contributed by atoms with E-state index in [1.165, 1.54) is 19.2 Å².